The van der Waals surface area contributed by atoms with Crippen molar-refractivity contribution >= 4 is 11.7 Å². The number of likely N-dealkylation sites (N-methyl/N-ethyl adjacent to an activating group) is 1. The zero-order valence-corrected chi connectivity index (χ0v) is 19.6. The summed E-state index contributed by atoms with van der Waals surface area (Å²) in [4.78, 5) is 31.5. The summed E-state index contributed by atoms with van der Waals surface area (Å²) >= 11 is 0. The molecule has 2 heterocycles. The fourth-order valence-corrected chi connectivity index (χ4v) is 5.42. The Balaban J connectivity index is 1.70. The number of nitrogens with zero attached hydrogens (tertiary/aromatic N) is 2. The summed E-state index contributed by atoms with van der Waals surface area (Å²) in [6, 6.07) is 7.88. The highest BCUT2D eigenvalue weighted by Gasteiger charge is 2.53. The Kier molecular flexibility index (Phi) is 6.25. The lowest BCUT2D eigenvalue weighted by Crippen LogP contribution is -2.43. The van der Waals surface area contributed by atoms with Gasteiger partial charge in [-0.3, -0.25) is 9.59 Å². The zero-order valence-electron chi connectivity index (χ0n) is 19.6. The van der Waals surface area contributed by atoms with Crippen LogP contribution < -0.4 is 0 Å². The SMILES string of the molecule is CCN(CC)CCN1C(=O)C2=C(C(=O)C3CC(C)C(C)CC3O2)C1c1ccc(C)cc1. The Morgan fingerprint density at radius 2 is 1.68 bits per heavy atom. The Hall–Kier alpha value is -2.14. The van der Waals surface area contributed by atoms with Crippen LogP contribution in [-0.2, 0) is 14.3 Å². The highest BCUT2D eigenvalue weighted by Crippen LogP contribution is 2.48. The van der Waals surface area contributed by atoms with Crippen LogP contribution in [0, 0.1) is 24.7 Å². The third-order valence-electron chi connectivity index (χ3n) is 7.75. The summed E-state index contributed by atoms with van der Waals surface area (Å²) in [6.45, 7) is 14.0. The van der Waals surface area contributed by atoms with Gasteiger partial charge in [0.1, 0.15) is 6.10 Å². The quantitative estimate of drug-likeness (QED) is 0.689. The highest BCUT2D eigenvalue weighted by molar-refractivity contribution is 6.11. The van der Waals surface area contributed by atoms with Crippen LogP contribution in [0.4, 0.5) is 0 Å². The maximum atomic E-state index is 13.8. The minimum atomic E-state index is -0.346. The molecule has 0 N–H and O–H groups in total. The second kappa shape index (κ2) is 8.78. The van der Waals surface area contributed by atoms with Crippen molar-refractivity contribution in [1.29, 1.82) is 0 Å². The second-order valence-electron chi connectivity index (χ2n) is 9.63. The molecule has 3 aliphatic rings. The van der Waals surface area contributed by atoms with Crippen molar-refractivity contribution < 1.29 is 14.3 Å². The molecule has 0 aromatic heterocycles. The van der Waals surface area contributed by atoms with E-state index in [2.05, 4.69) is 63.8 Å². The van der Waals surface area contributed by atoms with Gasteiger partial charge in [-0.25, -0.2) is 0 Å². The Morgan fingerprint density at radius 1 is 1.03 bits per heavy atom. The molecule has 1 aromatic rings. The van der Waals surface area contributed by atoms with Crippen molar-refractivity contribution in [2.24, 2.45) is 17.8 Å². The lowest BCUT2D eigenvalue weighted by molar-refractivity contribution is -0.137. The molecule has 1 aromatic carbocycles. The van der Waals surface area contributed by atoms with E-state index >= 15 is 0 Å². The minimum absolute atomic E-state index is 0.120. The number of hydrogen-bond donors (Lipinski definition) is 0. The smallest absolute Gasteiger partial charge is 0.290 e. The van der Waals surface area contributed by atoms with Crippen LogP contribution in [0.3, 0.4) is 0 Å². The molecule has 1 fully saturated rings. The van der Waals surface area contributed by atoms with Gasteiger partial charge in [0, 0.05) is 13.1 Å². The van der Waals surface area contributed by atoms with Gasteiger partial charge in [-0.05, 0) is 50.3 Å². The molecule has 5 nitrogen and oxygen atoms in total. The van der Waals surface area contributed by atoms with E-state index < -0.39 is 0 Å². The molecule has 5 heteroatoms. The number of carbonyl (C=O) groups excluding carboxylic acids is 2. The van der Waals surface area contributed by atoms with E-state index in [9.17, 15) is 9.59 Å². The Morgan fingerprint density at radius 3 is 2.32 bits per heavy atom. The predicted octanol–water partition coefficient (Wildman–Crippen LogP) is 4.12. The van der Waals surface area contributed by atoms with Gasteiger partial charge >= 0.3 is 0 Å². The van der Waals surface area contributed by atoms with Crippen molar-refractivity contribution in [3.05, 3.63) is 46.7 Å². The van der Waals surface area contributed by atoms with Crippen molar-refractivity contribution in [3.63, 3.8) is 0 Å². The summed E-state index contributed by atoms with van der Waals surface area (Å²) in [5.74, 6) is 1.19. The van der Waals surface area contributed by atoms with Gasteiger partial charge in [0.15, 0.2) is 11.5 Å². The van der Waals surface area contributed by atoms with Gasteiger partial charge in [0.2, 0.25) is 0 Å². The normalized spacial score (nSPS) is 30.5. The molecule has 5 unspecified atom stereocenters. The number of ether oxygens (including phenoxy) is 1. The maximum Gasteiger partial charge on any atom is 0.290 e. The van der Waals surface area contributed by atoms with Crippen LogP contribution in [0.15, 0.2) is 35.6 Å². The number of hydrogen-bond acceptors (Lipinski definition) is 4. The molecular weight excluding hydrogens is 388 g/mol. The second-order valence-corrected chi connectivity index (χ2v) is 9.63. The van der Waals surface area contributed by atoms with Crippen LogP contribution in [0.1, 0.15) is 57.7 Å². The van der Waals surface area contributed by atoms with Crippen LogP contribution in [0.2, 0.25) is 0 Å². The molecule has 31 heavy (non-hydrogen) atoms. The van der Waals surface area contributed by atoms with E-state index in [1.54, 1.807) is 0 Å². The van der Waals surface area contributed by atoms with E-state index in [0.29, 0.717) is 29.7 Å². The number of benzene rings is 1. The number of ketones is 1. The van der Waals surface area contributed by atoms with Crippen molar-refractivity contribution in [2.45, 2.75) is 59.6 Å². The van der Waals surface area contributed by atoms with Gasteiger partial charge in [-0.1, -0.05) is 57.5 Å². The molecule has 5 atom stereocenters. The first-order valence-corrected chi connectivity index (χ1v) is 11.9. The van der Waals surface area contributed by atoms with Crippen LogP contribution in [0.25, 0.3) is 0 Å². The molecule has 0 bridgehead atoms. The first kappa shape index (κ1) is 22.1. The zero-order chi connectivity index (χ0) is 22.3. The highest BCUT2D eigenvalue weighted by atomic mass is 16.5. The average molecular weight is 425 g/mol. The molecule has 0 spiro atoms. The van der Waals surface area contributed by atoms with E-state index in [1.165, 1.54) is 5.56 Å². The molecule has 1 amide bonds. The molecule has 168 valence electrons. The summed E-state index contributed by atoms with van der Waals surface area (Å²) in [6.07, 6.45) is 1.52. The molecular formula is C26H36N2O3. The standard InChI is InChI=1S/C26H36N2O3/c1-6-27(7-2)12-13-28-23(19-10-8-16(3)9-11-19)22-24(29)20-14-17(4)18(5)15-21(20)31-25(22)26(28)30/h8-11,17-18,20-21,23H,6-7,12-15H2,1-5H3. The molecule has 2 aliphatic heterocycles. The van der Waals surface area contributed by atoms with Crippen LogP contribution >= 0.6 is 0 Å². The number of carbonyl (C=O) groups is 2. The van der Waals surface area contributed by atoms with Crippen LogP contribution in [0.5, 0.6) is 0 Å². The summed E-state index contributed by atoms with van der Waals surface area (Å²) in [5.41, 5.74) is 2.76. The first-order chi connectivity index (χ1) is 14.8. The van der Waals surface area contributed by atoms with E-state index in [1.807, 2.05) is 4.90 Å². The van der Waals surface area contributed by atoms with E-state index in [-0.39, 0.29) is 29.8 Å². The van der Waals surface area contributed by atoms with Crippen molar-refractivity contribution in [1.82, 2.24) is 9.80 Å². The summed E-state index contributed by atoms with van der Waals surface area (Å²) in [5, 5.41) is 0. The fourth-order valence-electron chi connectivity index (χ4n) is 5.42. The minimum Gasteiger partial charge on any atom is -0.483 e. The Bertz CT molecular complexity index is 871. The van der Waals surface area contributed by atoms with Gasteiger partial charge in [0.05, 0.1) is 17.5 Å². The maximum absolute atomic E-state index is 13.8. The van der Waals surface area contributed by atoms with E-state index in [0.717, 1.165) is 38.0 Å². The molecule has 1 saturated carbocycles. The van der Waals surface area contributed by atoms with Crippen molar-refractivity contribution in [3.8, 4) is 0 Å². The molecule has 1 aliphatic carbocycles. The average Bonchev–Trinajstić information content (AvgIpc) is 3.03. The largest absolute Gasteiger partial charge is 0.483 e. The summed E-state index contributed by atoms with van der Waals surface area (Å²) < 4.78 is 6.33. The summed E-state index contributed by atoms with van der Waals surface area (Å²) in [7, 11) is 0. The fraction of sp³-hybridized carbons (Fsp3) is 0.615. The number of rotatable bonds is 6. The first-order valence-electron chi connectivity index (χ1n) is 11.9. The van der Waals surface area contributed by atoms with Gasteiger partial charge in [0.25, 0.3) is 5.91 Å². The molecule has 0 radical (unpaired) electrons. The molecule has 0 saturated heterocycles. The lowest BCUT2D eigenvalue weighted by Gasteiger charge is -2.40. The number of fused-ring (bicyclic) bond motifs is 1. The van der Waals surface area contributed by atoms with Gasteiger partial charge in [-0.2, -0.15) is 0 Å². The van der Waals surface area contributed by atoms with E-state index in [4.69, 9.17) is 4.74 Å². The van der Waals surface area contributed by atoms with Crippen LogP contribution in [-0.4, -0.2) is 53.8 Å². The third-order valence-corrected chi connectivity index (χ3v) is 7.75. The number of amides is 1. The van der Waals surface area contributed by atoms with Crippen molar-refractivity contribution in [2.75, 3.05) is 26.2 Å². The number of aryl methyl sites for hydroxylation is 1. The lowest BCUT2D eigenvalue weighted by atomic mass is 9.70. The van der Waals surface area contributed by atoms with Gasteiger partial charge < -0.3 is 14.5 Å². The topological polar surface area (TPSA) is 49.9 Å². The number of Topliss-reactive ketones (excluding diaryl/α,β-unsaturated/α-hetero) is 1. The predicted molar refractivity (Wildman–Crippen MR) is 121 cm³/mol. The Labute approximate surface area is 186 Å². The monoisotopic (exact) mass is 424 g/mol. The molecule has 4 rings (SSSR count). The third kappa shape index (κ3) is 3.93. The van der Waals surface area contributed by atoms with Gasteiger partial charge in [-0.15, -0.1) is 0 Å².